The Balaban J connectivity index is 2.18. The molecule has 0 fully saturated rings. The van der Waals surface area contributed by atoms with E-state index < -0.39 is 0 Å². The summed E-state index contributed by atoms with van der Waals surface area (Å²) in [6.07, 6.45) is 0. The number of rotatable bonds is 5. The summed E-state index contributed by atoms with van der Waals surface area (Å²) >= 11 is 2.23. The van der Waals surface area contributed by atoms with E-state index in [1.54, 1.807) is 0 Å². The van der Waals surface area contributed by atoms with Crippen LogP contribution in [0.25, 0.3) is 11.5 Å². The zero-order valence-electron chi connectivity index (χ0n) is 9.97. The molecule has 0 aliphatic rings. The lowest BCUT2D eigenvalue weighted by atomic mass is 10.2. The van der Waals surface area contributed by atoms with Crippen LogP contribution in [0.1, 0.15) is 18.8 Å². The predicted octanol–water partition coefficient (Wildman–Crippen LogP) is 2.38. The van der Waals surface area contributed by atoms with Crippen molar-refractivity contribution in [3.63, 3.8) is 0 Å². The van der Waals surface area contributed by atoms with E-state index in [4.69, 9.17) is 15.0 Å². The fraction of sp³-hybridized carbons (Fsp3) is 0.333. The fourth-order valence-electron chi connectivity index (χ4n) is 1.45. The molecule has 0 radical (unpaired) electrons. The standard InChI is InChI=1S/C12H14IN3O2/c1-2-17-7-10(14)11-15-12(18-16-11)8-5-3-4-6-9(8)13/h3-6,10H,2,7,14H2,1H3. The Hall–Kier alpha value is -0.990. The van der Waals surface area contributed by atoms with Crippen molar-refractivity contribution in [2.45, 2.75) is 13.0 Å². The Morgan fingerprint density at radius 1 is 1.44 bits per heavy atom. The Bertz CT molecular complexity index is 516. The van der Waals surface area contributed by atoms with Crippen molar-refractivity contribution in [1.29, 1.82) is 0 Å². The van der Waals surface area contributed by atoms with E-state index in [9.17, 15) is 0 Å². The molecule has 1 atom stereocenters. The maximum absolute atomic E-state index is 5.90. The van der Waals surface area contributed by atoms with Crippen LogP contribution in [0.15, 0.2) is 28.8 Å². The third-order valence-corrected chi connectivity index (χ3v) is 3.32. The average molecular weight is 359 g/mol. The highest BCUT2D eigenvalue weighted by molar-refractivity contribution is 14.1. The summed E-state index contributed by atoms with van der Waals surface area (Å²) in [6.45, 7) is 2.93. The van der Waals surface area contributed by atoms with Crippen molar-refractivity contribution >= 4 is 22.6 Å². The summed E-state index contributed by atoms with van der Waals surface area (Å²) in [7, 11) is 0. The molecule has 0 spiro atoms. The minimum atomic E-state index is -0.358. The number of hydrogen-bond donors (Lipinski definition) is 1. The van der Waals surface area contributed by atoms with E-state index in [0.29, 0.717) is 24.9 Å². The maximum Gasteiger partial charge on any atom is 0.259 e. The highest BCUT2D eigenvalue weighted by Gasteiger charge is 2.16. The molecule has 1 aromatic carbocycles. The van der Waals surface area contributed by atoms with Crippen LogP contribution in [0.3, 0.4) is 0 Å². The lowest BCUT2D eigenvalue weighted by Crippen LogP contribution is -2.18. The molecule has 2 aromatic rings. The molecule has 2 N–H and O–H groups in total. The molecular formula is C12H14IN3O2. The van der Waals surface area contributed by atoms with Crippen molar-refractivity contribution < 1.29 is 9.26 Å². The molecule has 0 aliphatic carbocycles. The number of benzene rings is 1. The van der Waals surface area contributed by atoms with E-state index in [1.807, 2.05) is 31.2 Å². The summed E-state index contributed by atoms with van der Waals surface area (Å²) in [4.78, 5) is 4.31. The van der Waals surface area contributed by atoms with Crippen molar-refractivity contribution in [1.82, 2.24) is 10.1 Å². The average Bonchev–Trinajstić information content (AvgIpc) is 2.86. The summed E-state index contributed by atoms with van der Waals surface area (Å²) in [6, 6.07) is 7.46. The van der Waals surface area contributed by atoms with Crippen molar-refractivity contribution in [3.05, 3.63) is 33.7 Å². The first kappa shape index (κ1) is 13.4. The van der Waals surface area contributed by atoms with Crippen molar-refractivity contribution in [3.8, 4) is 11.5 Å². The highest BCUT2D eigenvalue weighted by Crippen LogP contribution is 2.24. The Morgan fingerprint density at radius 3 is 2.94 bits per heavy atom. The first-order chi connectivity index (χ1) is 8.72. The SMILES string of the molecule is CCOCC(N)c1noc(-c2ccccc2I)n1. The van der Waals surface area contributed by atoms with Gasteiger partial charge in [0, 0.05) is 10.2 Å². The molecule has 18 heavy (non-hydrogen) atoms. The second kappa shape index (κ2) is 6.26. The monoisotopic (exact) mass is 359 g/mol. The Morgan fingerprint density at radius 2 is 2.22 bits per heavy atom. The molecule has 0 bridgehead atoms. The molecule has 6 heteroatoms. The van der Waals surface area contributed by atoms with E-state index in [1.165, 1.54) is 0 Å². The Labute approximate surface area is 119 Å². The molecule has 1 unspecified atom stereocenters. The van der Waals surface area contributed by atoms with Gasteiger partial charge in [-0.15, -0.1) is 0 Å². The topological polar surface area (TPSA) is 74.2 Å². The third kappa shape index (κ3) is 3.06. The third-order valence-electron chi connectivity index (χ3n) is 2.38. The van der Waals surface area contributed by atoms with E-state index in [0.717, 1.165) is 9.13 Å². The quantitative estimate of drug-likeness (QED) is 0.830. The first-order valence-electron chi connectivity index (χ1n) is 5.64. The van der Waals surface area contributed by atoms with Crippen LogP contribution in [0, 0.1) is 3.57 Å². The van der Waals surface area contributed by atoms with Gasteiger partial charge < -0.3 is 15.0 Å². The second-order valence-corrected chi connectivity index (χ2v) is 4.87. The van der Waals surface area contributed by atoms with Gasteiger partial charge in [-0.2, -0.15) is 4.98 Å². The number of aromatic nitrogens is 2. The van der Waals surface area contributed by atoms with Gasteiger partial charge in [0.1, 0.15) is 0 Å². The number of ether oxygens (including phenoxy) is 1. The van der Waals surface area contributed by atoms with Crippen molar-refractivity contribution in [2.24, 2.45) is 5.73 Å². The molecule has 0 amide bonds. The van der Waals surface area contributed by atoms with Crippen LogP contribution in [0.2, 0.25) is 0 Å². The molecule has 2 rings (SSSR count). The summed E-state index contributed by atoms with van der Waals surface area (Å²) in [5.41, 5.74) is 6.82. The fourth-order valence-corrected chi connectivity index (χ4v) is 2.07. The molecule has 5 nitrogen and oxygen atoms in total. The zero-order chi connectivity index (χ0) is 13.0. The highest BCUT2D eigenvalue weighted by atomic mass is 127. The molecule has 0 aliphatic heterocycles. The van der Waals surface area contributed by atoms with Crippen molar-refractivity contribution in [2.75, 3.05) is 13.2 Å². The van der Waals surface area contributed by atoms with Gasteiger partial charge in [-0.05, 0) is 41.6 Å². The van der Waals surface area contributed by atoms with Gasteiger partial charge in [-0.1, -0.05) is 17.3 Å². The molecule has 0 saturated carbocycles. The van der Waals surface area contributed by atoms with Gasteiger partial charge in [-0.3, -0.25) is 0 Å². The van der Waals surface area contributed by atoms with E-state index in [-0.39, 0.29) is 6.04 Å². The molecule has 96 valence electrons. The molecule has 0 saturated heterocycles. The van der Waals surface area contributed by atoms with Crippen LogP contribution in [-0.2, 0) is 4.74 Å². The second-order valence-electron chi connectivity index (χ2n) is 3.70. The van der Waals surface area contributed by atoms with Gasteiger partial charge in [0.25, 0.3) is 5.89 Å². The van der Waals surface area contributed by atoms with Gasteiger partial charge in [0.2, 0.25) is 0 Å². The van der Waals surface area contributed by atoms with Gasteiger partial charge in [-0.25, -0.2) is 0 Å². The Kier molecular flexibility index (Phi) is 4.67. The smallest absolute Gasteiger partial charge is 0.259 e. The van der Waals surface area contributed by atoms with E-state index >= 15 is 0 Å². The van der Waals surface area contributed by atoms with Gasteiger partial charge in [0.05, 0.1) is 18.2 Å². The summed E-state index contributed by atoms with van der Waals surface area (Å²) in [5.74, 6) is 0.958. The summed E-state index contributed by atoms with van der Waals surface area (Å²) < 4.78 is 11.5. The minimum absolute atomic E-state index is 0.358. The summed E-state index contributed by atoms with van der Waals surface area (Å²) in [5, 5.41) is 3.89. The van der Waals surface area contributed by atoms with Crippen LogP contribution in [0.5, 0.6) is 0 Å². The lowest BCUT2D eigenvalue weighted by Gasteiger charge is -2.05. The molecule has 1 aromatic heterocycles. The van der Waals surface area contributed by atoms with Crippen LogP contribution in [-0.4, -0.2) is 23.4 Å². The molecule has 1 heterocycles. The number of hydrogen-bond acceptors (Lipinski definition) is 5. The van der Waals surface area contributed by atoms with Crippen LogP contribution in [0.4, 0.5) is 0 Å². The predicted molar refractivity (Wildman–Crippen MR) is 75.9 cm³/mol. The number of nitrogens with two attached hydrogens (primary N) is 1. The van der Waals surface area contributed by atoms with Crippen LogP contribution >= 0.6 is 22.6 Å². The largest absolute Gasteiger partial charge is 0.380 e. The van der Waals surface area contributed by atoms with Gasteiger partial charge in [0.15, 0.2) is 5.82 Å². The normalized spacial score (nSPS) is 12.6. The zero-order valence-corrected chi connectivity index (χ0v) is 12.1. The van der Waals surface area contributed by atoms with Crippen LogP contribution < -0.4 is 5.73 Å². The first-order valence-corrected chi connectivity index (χ1v) is 6.72. The molecular weight excluding hydrogens is 345 g/mol. The van der Waals surface area contributed by atoms with Gasteiger partial charge >= 0.3 is 0 Å². The van der Waals surface area contributed by atoms with E-state index in [2.05, 4.69) is 32.7 Å². The maximum atomic E-state index is 5.90. The number of halogens is 1. The minimum Gasteiger partial charge on any atom is -0.380 e. The lowest BCUT2D eigenvalue weighted by molar-refractivity contribution is 0.130. The number of nitrogens with zero attached hydrogens (tertiary/aromatic N) is 2.